The first-order chi connectivity index (χ1) is 37.8. The summed E-state index contributed by atoms with van der Waals surface area (Å²) >= 11 is 0. The van der Waals surface area contributed by atoms with Crippen molar-refractivity contribution in [3.63, 3.8) is 0 Å². The quantitative estimate of drug-likeness (QED) is 0.139. The van der Waals surface area contributed by atoms with Crippen LogP contribution in [0.25, 0.3) is 99.4 Å². The van der Waals surface area contributed by atoms with E-state index in [2.05, 4.69) is 302 Å². The van der Waals surface area contributed by atoms with Crippen LogP contribution in [0.15, 0.2) is 297 Å². The lowest BCUT2D eigenvalue weighted by Crippen LogP contribution is -2.29. The third-order valence-electron chi connectivity index (χ3n) is 16.3. The van der Waals surface area contributed by atoms with Gasteiger partial charge < -0.3 is 4.90 Å². The average Bonchev–Trinajstić information content (AvgIpc) is 4.03. The standard InChI is InChI=1S/C75H49N/c1-7-26-50(27-8-1)57-38-19-21-40-59(57)71-61-42-23-24-43-62(61)72(60-41-22-20-39-58(60)51-28-9-2-10-29-51)74-66-49-68-70(64-44-25-45-65(69(64)66)73(71)74)63-47-46-56(76(54-34-15-5-16-35-54)55-36-17-6-18-37-55)48-67(63)75(68,52-30-11-3-12-31-52)53-32-13-4-14-33-53/h1-49H. The zero-order chi connectivity index (χ0) is 50.2. The van der Waals surface area contributed by atoms with Crippen molar-refractivity contribution in [3.8, 4) is 77.9 Å². The van der Waals surface area contributed by atoms with E-state index in [1.807, 2.05) is 0 Å². The van der Waals surface area contributed by atoms with Gasteiger partial charge in [0.25, 0.3) is 0 Å². The Morgan fingerprint density at radius 3 is 1.14 bits per heavy atom. The molecule has 354 valence electrons. The lowest BCUT2D eigenvalue weighted by atomic mass is 9.67. The summed E-state index contributed by atoms with van der Waals surface area (Å²) in [6.07, 6.45) is 0. The summed E-state index contributed by atoms with van der Waals surface area (Å²) in [5.41, 5.74) is 25.1. The Labute approximate surface area is 443 Å². The van der Waals surface area contributed by atoms with Crippen molar-refractivity contribution in [2.45, 2.75) is 5.41 Å². The molecule has 2 aliphatic rings. The second-order valence-electron chi connectivity index (χ2n) is 20.2. The van der Waals surface area contributed by atoms with Crippen molar-refractivity contribution in [1.82, 2.24) is 0 Å². The molecule has 0 aromatic heterocycles. The summed E-state index contributed by atoms with van der Waals surface area (Å²) in [6, 6.07) is 110. The maximum absolute atomic E-state index is 2.63. The summed E-state index contributed by atoms with van der Waals surface area (Å²) < 4.78 is 0. The van der Waals surface area contributed by atoms with Gasteiger partial charge in [-0.15, -0.1) is 0 Å². The third-order valence-corrected chi connectivity index (χ3v) is 16.3. The van der Waals surface area contributed by atoms with Crippen molar-refractivity contribution in [3.05, 3.63) is 320 Å². The molecule has 76 heavy (non-hydrogen) atoms. The largest absolute Gasteiger partial charge is 0.310 e. The zero-order valence-electron chi connectivity index (χ0n) is 41.7. The van der Waals surface area contributed by atoms with Crippen molar-refractivity contribution in [2.75, 3.05) is 4.90 Å². The molecule has 13 aromatic carbocycles. The van der Waals surface area contributed by atoms with E-state index in [1.165, 1.54) is 122 Å². The van der Waals surface area contributed by atoms with Crippen molar-refractivity contribution >= 4 is 38.6 Å². The van der Waals surface area contributed by atoms with Crippen LogP contribution in [0.1, 0.15) is 22.3 Å². The highest BCUT2D eigenvalue weighted by atomic mass is 15.1. The molecule has 0 radical (unpaired) electrons. The van der Waals surface area contributed by atoms with Crippen molar-refractivity contribution in [2.24, 2.45) is 0 Å². The molecule has 0 aliphatic heterocycles. The molecule has 0 heterocycles. The van der Waals surface area contributed by atoms with E-state index in [0.717, 1.165) is 17.1 Å². The second-order valence-corrected chi connectivity index (χ2v) is 20.2. The topological polar surface area (TPSA) is 3.24 Å². The number of anilines is 3. The molecule has 0 unspecified atom stereocenters. The molecule has 0 saturated carbocycles. The lowest BCUT2D eigenvalue weighted by molar-refractivity contribution is 0.769. The first-order valence-corrected chi connectivity index (χ1v) is 26.4. The van der Waals surface area contributed by atoms with Gasteiger partial charge in [-0.25, -0.2) is 0 Å². The van der Waals surface area contributed by atoms with E-state index in [1.54, 1.807) is 0 Å². The fourth-order valence-electron chi connectivity index (χ4n) is 13.3. The normalized spacial score (nSPS) is 12.6. The summed E-state index contributed by atoms with van der Waals surface area (Å²) in [4.78, 5) is 2.40. The lowest BCUT2D eigenvalue weighted by Gasteiger charge is -2.35. The Kier molecular flexibility index (Phi) is 10.2. The first kappa shape index (κ1) is 43.7. The minimum Gasteiger partial charge on any atom is -0.310 e. The molecule has 0 atom stereocenters. The number of rotatable bonds is 9. The highest BCUT2D eigenvalue weighted by Crippen LogP contribution is 2.65. The van der Waals surface area contributed by atoms with E-state index >= 15 is 0 Å². The van der Waals surface area contributed by atoms with Gasteiger partial charge in [0.05, 0.1) is 5.41 Å². The van der Waals surface area contributed by atoms with E-state index in [0.29, 0.717) is 0 Å². The molecule has 0 amide bonds. The Morgan fingerprint density at radius 2 is 0.632 bits per heavy atom. The number of hydrogen-bond donors (Lipinski definition) is 0. The maximum Gasteiger partial charge on any atom is 0.0714 e. The molecule has 13 aromatic rings. The van der Waals surface area contributed by atoms with Gasteiger partial charge in [-0.3, -0.25) is 0 Å². The molecule has 1 nitrogen and oxygen atoms in total. The molecule has 15 rings (SSSR count). The second kappa shape index (κ2) is 17.7. The van der Waals surface area contributed by atoms with Crippen molar-refractivity contribution in [1.29, 1.82) is 0 Å². The van der Waals surface area contributed by atoms with Gasteiger partial charge in [-0.2, -0.15) is 0 Å². The number of nitrogens with zero attached hydrogens (tertiary/aromatic N) is 1. The third kappa shape index (κ3) is 6.52. The Hall–Kier alpha value is -9.82. The highest BCUT2D eigenvalue weighted by Gasteiger charge is 2.48. The smallest absolute Gasteiger partial charge is 0.0714 e. The summed E-state index contributed by atoms with van der Waals surface area (Å²) in [5, 5.41) is 5.03. The molecule has 0 N–H and O–H groups in total. The van der Waals surface area contributed by atoms with Gasteiger partial charge in [0.1, 0.15) is 0 Å². The van der Waals surface area contributed by atoms with E-state index in [-0.39, 0.29) is 0 Å². The van der Waals surface area contributed by atoms with Crippen LogP contribution in [0.2, 0.25) is 0 Å². The fraction of sp³-hybridized carbons (Fsp3) is 0.0133. The van der Waals surface area contributed by atoms with Crippen LogP contribution in [0.4, 0.5) is 17.1 Å². The van der Waals surface area contributed by atoms with Gasteiger partial charge in [0.2, 0.25) is 0 Å². The number of benzene rings is 13. The highest BCUT2D eigenvalue weighted by molar-refractivity contribution is 6.30. The number of para-hydroxylation sites is 2. The first-order valence-electron chi connectivity index (χ1n) is 26.4. The predicted molar refractivity (Wildman–Crippen MR) is 320 cm³/mol. The van der Waals surface area contributed by atoms with Crippen LogP contribution in [0.3, 0.4) is 0 Å². The summed E-state index contributed by atoms with van der Waals surface area (Å²) in [5.74, 6) is 0. The molecule has 0 fully saturated rings. The Bertz CT molecular complexity index is 4280. The fourth-order valence-corrected chi connectivity index (χ4v) is 13.3. The predicted octanol–water partition coefficient (Wildman–Crippen LogP) is 20.1. The van der Waals surface area contributed by atoms with Gasteiger partial charge in [-0.1, -0.05) is 255 Å². The van der Waals surface area contributed by atoms with E-state index < -0.39 is 5.41 Å². The summed E-state index contributed by atoms with van der Waals surface area (Å²) in [6.45, 7) is 0. The zero-order valence-corrected chi connectivity index (χ0v) is 41.7. The SMILES string of the molecule is c1ccc(-c2ccccc2-c2c3c(c(-c4ccccc4-c4ccccc4)c4ccccc24)-c2cc4c(c5cccc-3c25)-c2ccc(N(c3ccccc3)c3ccccc3)cc2C4(c2ccccc2)c2ccccc2)cc1. The van der Waals surface area contributed by atoms with E-state index in [9.17, 15) is 0 Å². The average molecular weight is 964 g/mol. The van der Waals surface area contributed by atoms with E-state index in [4.69, 9.17) is 0 Å². The minimum atomic E-state index is -0.701. The minimum absolute atomic E-state index is 0.701. The molecule has 0 bridgehead atoms. The maximum atomic E-state index is 2.63. The van der Waals surface area contributed by atoms with Crippen LogP contribution in [-0.4, -0.2) is 0 Å². The van der Waals surface area contributed by atoms with Crippen molar-refractivity contribution < 1.29 is 0 Å². The summed E-state index contributed by atoms with van der Waals surface area (Å²) in [7, 11) is 0. The monoisotopic (exact) mass is 963 g/mol. The van der Waals surface area contributed by atoms with Crippen LogP contribution in [0, 0.1) is 0 Å². The molecular weight excluding hydrogens is 915 g/mol. The van der Waals surface area contributed by atoms with Gasteiger partial charge >= 0.3 is 0 Å². The Morgan fingerprint density at radius 1 is 0.224 bits per heavy atom. The van der Waals surface area contributed by atoms with Gasteiger partial charge in [0, 0.05) is 17.1 Å². The van der Waals surface area contributed by atoms with Crippen LogP contribution in [-0.2, 0) is 5.41 Å². The molecule has 0 spiro atoms. The number of hydrogen-bond acceptors (Lipinski definition) is 1. The molecule has 0 saturated heterocycles. The van der Waals surface area contributed by atoms with Gasteiger partial charge in [0.15, 0.2) is 0 Å². The van der Waals surface area contributed by atoms with Crippen LogP contribution in [0.5, 0.6) is 0 Å². The molecule has 1 heteroatoms. The van der Waals surface area contributed by atoms with Crippen LogP contribution < -0.4 is 4.90 Å². The molecular formula is C75H49N. The molecule has 2 aliphatic carbocycles. The Balaban J connectivity index is 1.11. The van der Waals surface area contributed by atoms with Crippen LogP contribution >= 0.6 is 0 Å². The van der Waals surface area contributed by atoms with Gasteiger partial charge in [-0.05, 0) is 164 Å². The number of fused-ring (bicyclic) bond motifs is 8.